The van der Waals surface area contributed by atoms with E-state index in [1.165, 1.54) is 0 Å². The van der Waals surface area contributed by atoms with E-state index < -0.39 is 5.97 Å². The molecule has 4 nitrogen and oxygen atoms in total. The van der Waals surface area contributed by atoms with Gasteiger partial charge in [0.05, 0.1) is 23.8 Å². The van der Waals surface area contributed by atoms with Crippen molar-refractivity contribution in [2.75, 3.05) is 6.61 Å². The highest BCUT2D eigenvalue weighted by Gasteiger charge is 2.08. The highest BCUT2D eigenvalue weighted by atomic mass is 16.5. The smallest absolute Gasteiger partial charge is 0.343 e. The number of terminal acetylenes is 1. The molecule has 0 saturated heterocycles. The van der Waals surface area contributed by atoms with Crippen LogP contribution in [0.1, 0.15) is 35.7 Å². The van der Waals surface area contributed by atoms with E-state index >= 15 is 0 Å². The minimum atomic E-state index is -0.451. The predicted octanol–water partition coefficient (Wildman–Crippen LogP) is 4.78. The molecule has 0 amide bonds. The molecule has 2 rings (SSSR count). The fourth-order valence-electron chi connectivity index (χ4n) is 2.19. The van der Waals surface area contributed by atoms with E-state index in [9.17, 15) is 4.79 Å². The second kappa shape index (κ2) is 18.8. The Morgan fingerprint density at radius 2 is 1.44 bits per heavy atom. The van der Waals surface area contributed by atoms with Crippen LogP contribution >= 0.6 is 0 Å². The number of esters is 1. The summed E-state index contributed by atoms with van der Waals surface area (Å²) in [6.07, 6.45) is 8.53. The van der Waals surface area contributed by atoms with Crippen molar-refractivity contribution in [2.45, 2.75) is 19.8 Å². The average Bonchev–Trinajstić information content (AvgIpc) is 2.91. The van der Waals surface area contributed by atoms with Gasteiger partial charge in [-0.2, -0.15) is 5.26 Å². The molecule has 0 atom stereocenters. The lowest BCUT2D eigenvalue weighted by Gasteiger charge is -2.07. The van der Waals surface area contributed by atoms with E-state index in [4.69, 9.17) is 21.2 Å². The molecule has 0 aliphatic heterocycles. The Balaban J connectivity index is 0.000000426. The van der Waals surface area contributed by atoms with Gasteiger partial charge in [-0.15, -0.1) is 13.0 Å². The molecule has 0 heterocycles. The number of allylic oxidation sites excluding steroid dienone is 1. The molecule has 0 N–H and O–H groups in total. The van der Waals surface area contributed by atoms with Gasteiger partial charge in [0.2, 0.25) is 0 Å². The number of rotatable bonds is 7. The monoisotopic (exact) mass is 467 g/mol. The molecule has 0 bridgehead atoms. The largest absolute Gasteiger partial charge is 0.494 e. The minimum absolute atomic E-state index is 0.402. The second-order valence-corrected chi connectivity index (χ2v) is 6.35. The van der Waals surface area contributed by atoms with Crippen LogP contribution in [0.3, 0.4) is 0 Å². The van der Waals surface area contributed by atoms with Crippen molar-refractivity contribution in [1.82, 2.24) is 0 Å². The minimum Gasteiger partial charge on any atom is -0.494 e. The molecule has 0 fully saturated rings. The summed E-state index contributed by atoms with van der Waals surface area (Å²) in [7, 11) is 0. The summed E-state index contributed by atoms with van der Waals surface area (Å²) in [5.41, 5.74) is 0.954. The van der Waals surface area contributed by atoms with E-state index in [0.29, 0.717) is 29.2 Å². The highest BCUT2D eigenvalue weighted by molar-refractivity contribution is 5.91. The molecule has 0 spiro atoms. The lowest BCUT2D eigenvalue weighted by Crippen LogP contribution is -2.08. The summed E-state index contributed by atoms with van der Waals surface area (Å²) < 4.78 is 10.8. The van der Waals surface area contributed by atoms with Crippen molar-refractivity contribution < 1.29 is 14.3 Å². The van der Waals surface area contributed by atoms with Gasteiger partial charge in [-0.3, -0.25) is 0 Å². The maximum atomic E-state index is 12.0. The van der Waals surface area contributed by atoms with Gasteiger partial charge in [0, 0.05) is 0 Å². The quantitative estimate of drug-likeness (QED) is 0.193. The zero-order valence-electron chi connectivity index (χ0n) is 19.8. The van der Waals surface area contributed by atoms with Gasteiger partial charge in [0.1, 0.15) is 11.5 Å². The zero-order chi connectivity index (χ0) is 26.3. The number of hydrogen-bond donors (Lipinski definition) is 0. The number of carbonyl (C=O) groups excluding carboxylic acids is 1. The normalized spacial score (nSPS) is 7.53. The molecule has 36 heavy (non-hydrogen) atoms. The summed E-state index contributed by atoms with van der Waals surface area (Å²) in [6.45, 7) is 5.98. The molecule has 2 aromatic carbocycles. The lowest BCUT2D eigenvalue weighted by molar-refractivity contribution is 0.0734. The number of hydrogen-bond acceptors (Lipinski definition) is 4. The van der Waals surface area contributed by atoms with Gasteiger partial charge in [-0.05, 0) is 128 Å². The first-order chi connectivity index (χ1) is 17.6. The number of ether oxygens (including phenoxy) is 2. The van der Waals surface area contributed by atoms with E-state index in [-0.39, 0.29) is 0 Å². The number of nitrogens with zero attached hydrogens (tertiary/aromatic N) is 1. The van der Waals surface area contributed by atoms with Crippen LogP contribution in [-0.4, -0.2) is 12.6 Å². The van der Waals surface area contributed by atoms with E-state index in [1.54, 1.807) is 55.5 Å². The summed E-state index contributed by atoms with van der Waals surface area (Å²) in [4.78, 5) is 12.0. The van der Waals surface area contributed by atoms with Crippen molar-refractivity contribution in [3.05, 3.63) is 72.3 Å². The maximum Gasteiger partial charge on any atom is 0.343 e. The third-order valence-corrected chi connectivity index (χ3v) is 3.80. The third kappa shape index (κ3) is 13.0. The molecule has 0 aliphatic rings. The Kier molecular flexibility index (Phi) is 14.8. The Bertz CT molecular complexity index is 1420. The molecule has 172 valence electrons. The van der Waals surface area contributed by atoms with Crippen LogP contribution in [0.25, 0.3) is 0 Å². The first-order valence-electron chi connectivity index (χ1n) is 10.6. The number of benzene rings is 2. The Labute approximate surface area is 213 Å². The first kappa shape index (κ1) is 28.3. The molecule has 0 unspecified atom stereocenters. The Hall–Kier alpha value is -5.70. The second-order valence-electron chi connectivity index (χ2n) is 6.35. The molecule has 4 heteroatoms. The Morgan fingerprint density at radius 1 is 0.889 bits per heavy atom. The van der Waals surface area contributed by atoms with Gasteiger partial charge in [-0.1, -0.05) is 12.0 Å². The van der Waals surface area contributed by atoms with Crippen LogP contribution in [0.4, 0.5) is 0 Å². The summed E-state index contributed by atoms with van der Waals surface area (Å²) in [5, 5.41) is 8.73. The standard InChI is InChI=1S/C19H17NO3.C13H4/c1-2-3-4-13-22-17-11-7-16(8-12-17)19(21)23-18-9-5-15(14-20)6-10-18;1-3-5-7-9-11-13-12-10-8-6-4-2/h2,5-12H,1,3-4,13H2;1H,2H3. The van der Waals surface area contributed by atoms with Crippen molar-refractivity contribution in [3.8, 4) is 89.1 Å². The van der Waals surface area contributed by atoms with Crippen LogP contribution in [0.15, 0.2) is 61.2 Å². The van der Waals surface area contributed by atoms with Crippen LogP contribution in [0, 0.1) is 82.9 Å². The molecule has 0 aliphatic carbocycles. The molecular weight excluding hydrogens is 446 g/mol. The van der Waals surface area contributed by atoms with Crippen LogP contribution in [0.2, 0.25) is 0 Å². The molecule has 0 aromatic heterocycles. The first-order valence-corrected chi connectivity index (χ1v) is 10.6. The van der Waals surface area contributed by atoms with E-state index in [0.717, 1.165) is 12.8 Å². The molecule has 0 saturated carbocycles. The number of carbonyl (C=O) groups is 1. The van der Waals surface area contributed by atoms with Gasteiger partial charge in [0.15, 0.2) is 0 Å². The van der Waals surface area contributed by atoms with Crippen molar-refractivity contribution in [3.63, 3.8) is 0 Å². The average molecular weight is 468 g/mol. The zero-order valence-corrected chi connectivity index (χ0v) is 19.8. The number of nitriles is 1. The molecule has 0 radical (unpaired) electrons. The fourth-order valence-corrected chi connectivity index (χ4v) is 2.19. The third-order valence-electron chi connectivity index (χ3n) is 3.80. The number of unbranched alkanes of at least 4 members (excludes halogenated alkanes) is 1. The van der Waals surface area contributed by atoms with Gasteiger partial charge in [0.25, 0.3) is 0 Å². The topological polar surface area (TPSA) is 59.3 Å². The van der Waals surface area contributed by atoms with Crippen LogP contribution in [0.5, 0.6) is 11.5 Å². The molecular formula is C32H21NO3. The van der Waals surface area contributed by atoms with Crippen molar-refractivity contribution >= 4 is 5.97 Å². The van der Waals surface area contributed by atoms with Crippen LogP contribution in [-0.2, 0) is 0 Å². The van der Waals surface area contributed by atoms with Gasteiger partial charge < -0.3 is 9.47 Å². The van der Waals surface area contributed by atoms with Gasteiger partial charge in [-0.25, -0.2) is 4.79 Å². The summed E-state index contributed by atoms with van der Waals surface area (Å²) in [6, 6.07) is 15.2. The molecule has 2 aromatic rings. The summed E-state index contributed by atoms with van der Waals surface area (Å²) in [5.74, 6) is 27.6. The van der Waals surface area contributed by atoms with E-state index in [2.05, 4.69) is 71.7 Å². The fraction of sp³-hybridized carbons (Fsp3) is 0.125. The van der Waals surface area contributed by atoms with Crippen molar-refractivity contribution in [2.24, 2.45) is 0 Å². The predicted molar refractivity (Wildman–Crippen MR) is 141 cm³/mol. The maximum absolute atomic E-state index is 12.0. The Morgan fingerprint density at radius 3 is 1.97 bits per heavy atom. The van der Waals surface area contributed by atoms with Crippen molar-refractivity contribution in [1.29, 1.82) is 5.26 Å². The van der Waals surface area contributed by atoms with Crippen LogP contribution < -0.4 is 9.47 Å². The SMILES string of the molecule is C#CC#CC#CC#CC#CC#CC.C=CCCCOc1ccc(C(=O)Oc2ccc(C#N)cc2)cc1. The lowest BCUT2D eigenvalue weighted by atomic mass is 10.2. The highest BCUT2D eigenvalue weighted by Crippen LogP contribution is 2.16. The summed E-state index contributed by atoms with van der Waals surface area (Å²) >= 11 is 0. The van der Waals surface area contributed by atoms with Gasteiger partial charge >= 0.3 is 5.97 Å². The van der Waals surface area contributed by atoms with E-state index in [1.807, 2.05) is 12.1 Å².